The Balaban J connectivity index is 1.78. The summed E-state index contributed by atoms with van der Waals surface area (Å²) in [4.78, 5) is 13.5. The van der Waals surface area contributed by atoms with Gasteiger partial charge in [0.2, 0.25) is 0 Å². The first kappa shape index (κ1) is 13.3. The second-order valence-electron chi connectivity index (χ2n) is 5.47. The number of hydrogen-bond acceptors (Lipinski definition) is 3. The van der Waals surface area contributed by atoms with Crippen LogP contribution in [0.15, 0.2) is 24.3 Å². The van der Waals surface area contributed by atoms with Crippen molar-refractivity contribution in [3.8, 4) is 0 Å². The van der Waals surface area contributed by atoms with E-state index in [1.165, 1.54) is 17.0 Å². The van der Waals surface area contributed by atoms with Crippen LogP contribution in [0.5, 0.6) is 0 Å². The van der Waals surface area contributed by atoms with Crippen molar-refractivity contribution in [2.75, 3.05) is 13.1 Å². The van der Waals surface area contributed by atoms with Crippen molar-refractivity contribution in [1.29, 1.82) is 0 Å². The molecule has 3 rings (SSSR count). The summed E-state index contributed by atoms with van der Waals surface area (Å²) in [5.41, 5.74) is 0.0977. The lowest BCUT2D eigenvalue weighted by Gasteiger charge is -2.36. The van der Waals surface area contributed by atoms with Crippen molar-refractivity contribution in [1.82, 2.24) is 15.5 Å². The molecule has 0 aliphatic carbocycles. The van der Waals surface area contributed by atoms with Crippen molar-refractivity contribution >= 4 is 6.03 Å². The minimum Gasteiger partial charge on any atom is -0.371 e. The predicted octanol–water partition coefficient (Wildman–Crippen LogP) is 0.791. The summed E-state index contributed by atoms with van der Waals surface area (Å²) in [7, 11) is 0. The normalized spacial score (nSPS) is 25.0. The number of nitrogens with zero attached hydrogens (tertiary/aromatic N) is 1. The van der Waals surface area contributed by atoms with E-state index < -0.39 is 11.8 Å². The van der Waals surface area contributed by atoms with Crippen LogP contribution in [-0.4, -0.2) is 40.9 Å². The molecule has 2 saturated heterocycles. The molecule has 2 amide bonds. The number of piperidine rings is 1. The third-order valence-corrected chi connectivity index (χ3v) is 4.14. The molecule has 3 N–H and O–H groups in total. The lowest BCUT2D eigenvalue weighted by Crippen LogP contribution is -2.56. The van der Waals surface area contributed by atoms with Crippen molar-refractivity contribution in [2.24, 2.45) is 0 Å². The SMILES string of the molecule is O=C1NC2(CCNCC2)C(O)N1Cc1cccc(F)c1. The minimum atomic E-state index is -0.875. The van der Waals surface area contributed by atoms with Gasteiger partial charge in [-0.1, -0.05) is 12.1 Å². The highest BCUT2D eigenvalue weighted by Crippen LogP contribution is 2.31. The molecule has 5 nitrogen and oxygen atoms in total. The lowest BCUT2D eigenvalue weighted by molar-refractivity contribution is -0.0135. The van der Waals surface area contributed by atoms with Crippen LogP contribution in [-0.2, 0) is 6.54 Å². The molecule has 0 saturated carbocycles. The van der Waals surface area contributed by atoms with Crippen molar-refractivity contribution in [3.63, 3.8) is 0 Å². The number of urea groups is 1. The highest BCUT2D eigenvalue weighted by atomic mass is 19.1. The Labute approximate surface area is 116 Å². The first-order chi connectivity index (χ1) is 9.61. The molecule has 1 aromatic rings. The molecule has 6 heteroatoms. The summed E-state index contributed by atoms with van der Waals surface area (Å²) < 4.78 is 13.2. The number of benzene rings is 1. The Morgan fingerprint density at radius 1 is 1.40 bits per heavy atom. The van der Waals surface area contributed by atoms with Gasteiger partial charge in [0, 0.05) is 0 Å². The molecular weight excluding hydrogens is 261 g/mol. The molecule has 0 radical (unpaired) electrons. The largest absolute Gasteiger partial charge is 0.371 e. The van der Waals surface area contributed by atoms with Gasteiger partial charge in [0.1, 0.15) is 5.82 Å². The number of nitrogens with one attached hydrogen (secondary N) is 2. The van der Waals surface area contributed by atoms with E-state index in [1.807, 2.05) is 0 Å². The van der Waals surface area contributed by atoms with Crippen LogP contribution in [0.2, 0.25) is 0 Å². The number of aliphatic hydroxyl groups excluding tert-OH is 1. The fraction of sp³-hybridized carbons (Fsp3) is 0.500. The summed E-state index contributed by atoms with van der Waals surface area (Å²) in [5.74, 6) is -0.340. The molecule has 2 heterocycles. The van der Waals surface area contributed by atoms with Gasteiger partial charge in [0.25, 0.3) is 0 Å². The average Bonchev–Trinajstić information content (AvgIpc) is 2.64. The van der Waals surface area contributed by atoms with Gasteiger partial charge in [0.05, 0.1) is 12.1 Å². The fourth-order valence-corrected chi connectivity index (χ4v) is 3.01. The second-order valence-corrected chi connectivity index (χ2v) is 5.47. The van der Waals surface area contributed by atoms with Crippen LogP contribution in [0.1, 0.15) is 18.4 Å². The van der Waals surface area contributed by atoms with Gasteiger partial charge in [-0.2, -0.15) is 0 Å². The number of aliphatic hydroxyl groups is 1. The van der Waals surface area contributed by atoms with Gasteiger partial charge in [-0.3, -0.25) is 4.90 Å². The summed E-state index contributed by atoms with van der Waals surface area (Å²) in [5, 5.41) is 16.6. The van der Waals surface area contributed by atoms with E-state index in [1.54, 1.807) is 12.1 Å². The van der Waals surface area contributed by atoms with Crippen LogP contribution in [0.25, 0.3) is 0 Å². The summed E-state index contributed by atoms with van der Waals surface area (Å²) >= 11 is 0. The van der Waals surface area contributed by atoms with E-state index in [9.17, 15) is 14.3 Å². The van der Waals surface area contributed by atoms with Gasteiger partial charge >= 0.3 is 6.03 Å². The summed E-state index contributed by atoms with van der Waals surface area (Å²) in [6.45, 7) is 1.75. The third-order valence-electron chi connectivity index (χ3n) is 4.14. The number of rotatable bonds is 2. The molecule has 0 bridgehead atoms. The zero-order valence-corrected chi connectivity index (χ0v) is 11.1. The Hall–Kier alpha value is -1.66. The number of carbonyl (C=O) groups excluding carboxylic acids is 1. The standard InChI is InChI=1S/C14H18FN3O2/c15-11-3-1-2-10(8-11)9-18-12(19)14(17-13(18)20)4-6-16-7-5-14/h1-3,8,12,16,19H,4-7,9H2,(H,17,20). The first-order valence-corrected chi connectivity index (χ1v) is 6.83. The lowest BCUT2D eigenvalue weighted by atomic mass is 9.87. The smallest absolute Gasteiger partial charge is 0.320 e. The number of amides is 2. The zero-order chi connectivity index (χ0) is 14.2. The quantitative estimate of drug-likeness (QED) is 0.750. The topological polar surface area (TPSA) is 64.6 Å². The molecule has 1 atom stereocenters. The highest BCUT2D eigenvalue weighted by molar-refractivity contribution is 5.78. The summed E-state index contributed by atoms with van der Waals surface area (Å²) in [6.07, 6.45) is 0.513. The minimum absolute atomic E-state index is 0.208. The van der Waals surface area contributed by atoms with Gasteiger partial charge < -0.3 is 15.7 Å². The van der Waals surface area contributed by atoms with Crippen LogP contribution >= 0.6 is 0 Å². The van der Waals surface area contributed by atoms with Crippen molar-refractivity contribution < 1.29 is 14.3 Å². The third kappa shape index (κ3) is 2.25. The van der Waals surface area contributed by atoms with Crippen LogP contribution in [0, 0.1) is 5.82 Å². The molecule has 0 aromatic heterocycles. The van der Waals surface area contributed by atoms with Crippen LogP contribution < -0.4 is 10.6 Å². The Morgan fingerprint density at radius 2 is 2.15 bits per heavy atom. The average molecular weight is 279 g/mol. The highest BCUT2D eigenvalue weighted by Gasteiger charge is 2.50. The molecular formula is C14H18FN3O2. The second kappa shape index (κ2) is 5.03. The van der Waals surface area contributed by atoms with E-state index in [0.717, 1.165) is 13.1 Å². The molecule has 1 unspecified atom stereocenters. The fourth-order valence-electron chi connectivity index (χ4n) is 3.01. The maximum atomic E-state index is 13.2. The Bertz CT molecular complexity index is 517. The van der Waals surface area contributed by atoms with E-state index in [0.29, 0.717) is 18.4 Å². The predicted molar refractivity (Wildman–Crippen MR) is 71.3 cm³/mol. The maximum absolute atomic E-state index is 13.2. The van der Waals surface area contributed by atoms with Gasteiger partial charge in [-0.05, 0) is 43.6 Å². The number of halogens is 1. The number of carbonyl (C=O) groups is 1. The molecule has 2 aliphatic rings. The number of hydrogen-bond donors (Lipinski definition) is 3. The van der Waals surface area contributed by atoms with E-state index in [4.69, 9.17) is 0 Å². The molecule has 1 spiro atoms. The first-order valence-electron chi connectivity index (χ1n) is 6.83. The van der Waals surface area contributed by atoms with E-state index in [2.05, 4.69) is 10.6 Å². The molecule has 2 aliphatic heterocycles. The zero-order valence-electron chi connectivity index (χ0n) is 11.1. The Morgan fingerprint density at radius 3 is 2.85 bits per heavy atom. The monoisotopic (exact) mass is 279 g/mol. The van der Waals surface area contributed by atoms with Gasteiger partial charge in [-0.25, -0.2) is 9.18 Å². The van der Waals surface area contributed by atoms with Crippen molar-refractivity contribution in [2.45, 2.75) is 31.2 Å². The summed E-state index contributed by atoms with van der Waals surface area (Å²) in [6, 6.07) is 5.80. The van der Waals surface area contributed by atoms with Gasteiger partial charge in [-0.15, -0.1) is 0 Å². The Kier molecular flexibility index (Phi) is 3.35. The van der Waals surface area contributed by atoms with E-state index in [-0.39, 0.29) is 18.4 Å². The molecule has 2 fully saturated rings. The van der Waals surface area contributed by atoms with Crippen LogP contribution in [0.3, 0.4) is 0 Å². The molecule has 108 valence electrons. The van der Waals surface area contributed by atoms with Crippen LogP contribution in [0.4, 0.5) is 9.18 Å². The molecule has 1 aromatic carbocycles. The van der Waals surface area contributed by atoms with Gasteiger partial charge in [0.15, 0.2) is 6.23 Å². The van der Waals surface area contributed by atoms with E-state index >= 15 is 0 Å². The molecule has 20 heavy (non-hydrogen) atoms. The van der Waals surface area contributed by atoms with Crippen molar-refractivity contribution in [3.05, 3.63) is 35.6 Å². The maximum Gasteiger partial charge on any atom is 0.320 e.